The van der Waals surface area contributed by atoms with Gasteiger partial charge in [-0.15, -0.1) is 0 Å². The van der Waals surface area contributed by atoms with Gasteiger partial charge >= 0.3 is 29.8 Å². The Hall–Kier alpha value is -6.85. The number of hydrogen-bond acceptors (Lipinski definition) is 12. The van der Waals surface area contributed by atoms with Crippen LogP contribution in [0.15, 0.2) is 66.9 Å². The van der Waals surface area contributed by atoms with E-state index in [9.17, 15) is 9.59 Å². The van der Waals surface area contributed by atoms with Crippen LogP contribution in [0.5, 0.6) is 0 Å². The molecule has 0 aliphatic carbocycles. The number of nitrogens with zero attached hydrogens (tertiary/aromatic N) is 4. The number of hydrogen-bond donors (Lipinski definition) is 6. The van der Waals surface area contributed by atoms with Crippen molar-refractivity contribution in [2.75, 3.05) is 30.0 Å². The molecule has 0 unspecified atom stereocenters. The zero-order valence-electron chi connectivity index (χ0n) is 27.7. The van der Waals surface area contributed by atoms with Gasteiger partial charge in [0.2, 0.25) is 5.90 Å². The lowest BCUT2D eigenvalue weighted by Gasteiger charge is -2.21. The van der Waals surface area contributed by atoms with E-state index in [4.69, 9.17) is 59.5 Å². The molecule has 0 atom stereocenters. The SMILES string of the molecule is CCOC(=N)c1ccc(NCc2nc3cc(C(=O)N(CCC(=O)OCC)c4ccccn4)ccc3n2C)cc1.O=C(O)C(=O)O.O=C(O)C(=O)O. The fraction of sp³-hybridized carbons (Fsp3) is 0.242. The van der Waals surface area contributed by atoms with E-state index in [0.717, 1.165) is 17.0 Å². The maximum atomic E-state index is 13.5. The Kier molecular flexibility index (Phi) is 15.7. The number of aryl methyl sites for hydroxylation is 1. The number of carbonyl (C=O) groups excluding carboxylic acids is 2. The number of aliphatic carboxylic acids is 4. The molecule has 270 valence electrons. The van der Waals surface area contributed by atoms with Crippen molar-refractivity contribution in [3.05, 3.63) is 83.8 Å². The summed E-state index contributed by atoms with van der Waals surface area (Å²) in [5.74, 6) is -6.54. The number of carbonyl (C=O) groups is 6. The van der Waals surface area contributed by atoms with Gasteiger partial charge in [-0.25, -0.2) is 29.1 Å². The minimum atomic E-state index is -1.82. The van der Waals surface area contributed by atoms with Crippen LogP contribution in [0.2, 0.25) is 0 Å². The van der Waals surface area contributed by atoms with Crippen LogP contribution in [0.4, 0.5) is 11.5 Å². The number of esters is 1. The maximum Gasteiger partial charge on any atom is 0.414 e. The van der Waals surface area contributed by atoms with Gasteiger partial charge in [-0.2, -0.15) is 0 Å². The molecule has 6 N–H and O–H groups in total. The van der Waals surface area contributed by atoms with Gasteiger partial charge in [-0.1, -0.05) is 6.07 Å². The summed E-state index contributed by atoms with van der Waals surface area (Å²) >= 11 is 0. The summed E-state index contributed by atoms with van der Waals surface area (Å²) in [6.07, 6.45) is 1.67. The number of imidazole rings is 1. The number of carboxylic acids is 4. The lowest BCUT2D eigenvalue weighted by Crippen LogP contribution is -2.34. The van der Waals surface area contributed by atoms with Crippen molar-refractivity contribution in [2.24, 2.45) is 7.05 Å². The van der Waals surface area contributed by atoms with Crippen molar-refractivity contribution in [3.8, 4) is 0 Å². The van der Waals surface area contributed by atoms with Crippen LogP contribution in [-0.2, 0) is 47.0 Å². The van der Waals surface area contributed by atoms with Gasteiger partial charge in [0.05, 0.1) is 37.2 Å². The Morgan fingerprint density at radius 1 is 0.824 bits per heavy atom. The van der Waals surface area contributed by atoms with Crippen LogP contribution in [0.3, 0.4) is 0 Å². The minimum Gasteiger partial charge on any atom is -0.478 e. The maximum absolute atomic E-state index is 13.5. The summed E-state index contributed by atoms with van der Waals surface area (Å²) in [4.78, 5) is 72.5. The fourth-order valence-electron chi connectivity index (χ4n) is 4.11. The van der Waals surface area contributed by atoms with Crippen LogP contribution >= 0.6 is 0 Å². The summed E-state index contributed by atoms with van der Waals surface area (Å²) in [6.45, 7) is 4.95. The number of ether oxygens (including phenoxy) is 2. The monoisotopic (exact) mass is 708 g/mol. The minimum absolute atomic E-state index is 0.0611. The number of fused-ring (bicyclic) bond motifs is 1. The number of nitrogens with one attached hydrogen (secondary N) is 2. The van der Waals surface area contributed by atoms with Gasteiger partial charge in [0.25, 0.3) is 5.91 Å². The van der Waals surface area contributed by atoms with Crippen LogP contribution in [0.25, 0.3) is 11.0 Å². The topological polar surface area (TPSA) is 272 Å². The van der Waals surface area contributed by atoms with Crippen molar-refractivity contribution in [3.63, 3.8) is 0 Å². The predicted molar refractivity (Wildman–Crippen MR) is 181 cm³/mol. The zero-order valence-corrected chi connectivity index (χ0v) is 27.7. The van der Waals surface area contributed by atoms with Crippen LogP contribution in [-0.4, -0.2) is 96.4 Å². The second kappa shape index (κ2) is 19.8. The van der Waals surface area contributed by atoms with E-state index in [0.29, 0.717) is 35.6 Å². The second-order valence-electron chi connectivity index (χ2n) is 9.90. The average molecular weight is 709 g/mol. The molecule has 18 nitrogen and oxygen atoms in total. The average Bonchev–Trinajstić information content (AvgIpc) is 3.42. The van der Waals surface area contributed by atoms with Crippen LogP contribution in [0.1, 0.15) is 42.0 Å². The van der Waals surface area contributed by atoms with Gasteiger partial charge < -0.3 is 39.8 Å². The van der Waals surface area contributed by atoms with Crippen molar-refractivity contribution < 1.29 is 58.7 Å². The molecule has 0 fully saturated rings. The van der Waals surface area contributed by atoms with E-state index in [-0.39, 0.29) is 37.3 Å². The fourth-order valence-corrected chi connectivity index (χ4v) is 4.11. The molecule has 0 saturated carbocycles. The number of carboxylic acid groups (broad SMARTS) is 4. The Labute approximate surface area is 290 Å². The van der Waals surface area contributed by atoms with E-state index < -0.39 is 23.9 Å². The molecule has 2 aromatic carbocycles. The zero-order chi connectivity index (χ0) is 38.1. The highest BCUT2D eigenvalue weighted by molar-refractivity contribution is 6.27. The number of pyridine rings is 1. The molecule has 2 aromatic heterocycles. The number of anilines is 2. The van der Waals surface area contributed by atoms with E-state index >= 15 is 0 Å². The van der Waals surface area contributed by atoms with Crippen LogP contribution < -0.4 is 10.2 Å². The number of rotatable bonds is 11. The standard InChI is InChI=1S/C29H32N6O4.2C2H2O4/c1-4-38-27(36)15-17-35(25-8-6-7-16-31-25)29(37)21-11-14-24-23(18-21)33-26(34(24)3)19-32-22-12-9-20(10-13-22)28(30)39-5-2;2*3-1(4)2(5)6/h6-14,16,18,30,32H,4-5,15,17,19H2,1-3H3;2*(H,3,4)(H,5,6). The lowest BCUT2D eigenvalue weighted by molar-refractivity contribution is -0.159. The highest BCUT2D eigenvalue weighted by Crippen LogP contribution is 2.21. The molecule has 0 radical (unpaired) electrons. The van der Waals surface area contributed by atoms with Crippen molar-refractivity contribution in [2.45, 2.75) is 26.8 Å². The Morgan fingerprint density at radius 3 is 1.94 bits per heavy atom. The van der Waals surface area contributed by atoms with Crippen LogP contribution in [0, 0.1) is 5.41 Å². The molecule has 2 heterocycles. The molecule has 1 amide bonds. The smallest absolute Gasteiger partial charge is 0.414 e. The van der Waals surface area contributed by atoms with Gasteiger partial charge in [-0.3, -0.25) is 19.9 Å². The molecule has 51 heavy (non-hydrogen) atoms. The highest BCUT2D eigenvalue weighted by Gasteiger charge is 2.21. The first kappa shape index (κ1) is 40.3. The molecular weight excluding hydrogens is 672 g/mol. The van der Waals surface area contributed by atoms with Crippen molar-refractivity contribution in [1.29, 1.82) is 5.41 Å². The quantitative estimate of drug-likeness (QED) is 0.0566. The predicted octanol–water partition coefficient (Wildman–Crippen LogP) is 2.85. The van der Waals surface area contributed by atoms with E-state index in [2.05, 4.69) is 10.3 Å². The molecule has 4 aromatic rings. The van der Waals surface area contributed by atoms with E-state index in [1.807, 2.05) is 48.9 Å². The molecular formula is C33H36N6O12. The number of benzene rings is 2. The molecule has 0 bridgehead atoms. The first-order valence-corrected chi connectivity index (χ1v) is 15.0. The molecule has 0 aliphatic heterocycles. The van der Waals surface area contributed by atoms with Gasteiger partial charge in [0, 0.05) is 36.6 Å². The normalized spacial score (nSPS) is 9.94. The van der Waals surface area contributed by atoms with E-state index in [1.54, 1.807) is 43.5 Å². The third-order valence-corrected chi connectivity index (χ3v) is 6.49. The van der Waals surface area contributed by atoms with Crippen molar-refractivity contribution in [1.82, 2.24) is 14.5 Å². The number of amides is 1. The van der Waals surface area contributed by atoms with Gasteiger partial charge in [-0.05, 0) is 68.4 Å². The summed E-state index contributed by atoms with van der Waals surface area (Å²) in [5, 5.41) is 40.8. The second-order valence-corrected chi connectivity index (χ2v) is 9.90. The van der Waals surface area contributed by atoms with Gasteiger partial charge in [0.15, 0.2) is 0 Å². The summed E-state index contributed by atoms with van der Waals surface area (Å²) < 4.78 is 12.3. The highest BCUT2D eigenvalue weighted by atomic mass is 16.5. The molecule has 4 rings (SSSR count). The molecule has 18 heteroatoms. The molecule has 0 saturated heterocycles. The third-order valence-electron chi connectivity index (χ3n) is 6.49. The Morgan fingerprint density at radius 2 is 1.41 bits per heavy atom. The lowest BCUT2D eigenvalue weighted by atomic mass is 10.1. The molecule has 0 spiro atoms. The first-order chi connectivity index (χ1) is 24.2. The molecule has 0 aliphatic rings. The largest absolute Gasteiger partial charge is 0.478 e. The Bertz CT molecular complexity index is 1810. The first-order valence-electron chi connectivity index (χ1n) is 15.0. The van der Waals surface area contributed by atoms with E-state index in [1.165, 1.54) is 4.90 Å². The third kappa shape index (κ3) is 12.6. The summed E-state index contributed by atoms with van der Waals surface area (Å²) in [5.41, 5.74) is 3.62. The summed E-state index contributed by atoms with van der Waals surface area (Å²) in [7, 11) is 1.93. The van der Waals surface area contributed by atoms with Crippen molar-refractivity contribution >= 4 is 64.2 Å². The van der Waals surface area contributed by atoms with Gasteiger partial charge in [0.1, 0.15) is 11.6 Å². The summed E-state index contributed by atoms with van der Waals surface area (Å²) in [6, 6.07) is 18.2. The number of aromatic nitrogens is 3. The Balaban J connectivity index is 0.000000645.